The van der Waals surface area contributed by atoms with E-state index < -0.39 is 0 Å². The van der Waals surface area contributed by atoms with E-state index in [2.05, 4.69) is 26.5 Å². The highest BCUT2D eigenvalue weighted by Gasteiger charge is 1.96. The highest BCUT2D eigenvalue weighted by atomic mass is 13.8. The number of hydrogen-bond donors (Lipinski definition) is 0. The zero-order valence-corrected chi connectivity index (χ0v) is 8.72. The fourth-order valence-electron chi connectivity index (χ4n) is 0.864. The molecule has 0 atom stereocenters. The first kappa shape index (κ1) is 11.3. The molecule has 0 bridgehead atoms. The van der Waals surface area contributed by atoms with E-state index >= 15 is 0 Å². The van der Waals surface area contributed by atoms with Crippen molar-refractivity contribution in [2.45, 2.75) is 39.8 Å². The van der Waals surface area contributed by atoms with Gasteiger partial charge in [-0.3, -0.25) is 0 Å². The number of allylic oxidation sites excluding steroid dienone is 3. The second kappa shape index (κ2) is 7.00. The van der Waals surface area contributed by atoms with Crippen molar-refractivity contribution in [1.29, 1.82) is 0 Å². The van der Waals surface area contributed by atoms with Gasteiger partial charge in [-0.15, -0.1) is 5.73 Å². The van der Waals surface area contributed by atoms with Crippen LogP contribution in [-0.4, -0.2) is 7.28 Å². The lowest BCUT2D eigenvalue weighted by Gasteiger charge is -1.99. The third kappa shape index (κ3) is 7.43. The van der Waals surface area contributed by atoms with Crippen LogP contribution in [0.15, 0.2) is 29.5 Å². The molecule has 0 N–H and O–H groups in total. The van der Waals surface area contributed by atoms with E-state index in [-0.39, 0.29) is 0 Å². The molecule has 0 aliphatic rings. The summed E-state index contributed by atoms with van der Waals surface area (Å²) in [6, 6.07) is 0. The normalized spacial score (nSPS) is 10.1. The van der Waals surface area contributed by atoms with E-state index in [1.807, 2.05) is 25.2 Å². The molecule has 0 amide bonds. The number of rotatable bonds is 4. The highest BCUT2D eigenvalue weighted by molar-refractivity contribution is 6.38. The highest BCUT2D eigenvalue weighted by Crippen LogP contribution is 2.05. The molecule has 0 radical (unpaired) electrons. The molecule has 0 aromatic carbocycles. The maximum atomic E-state index is 3.24. The molecule has 12 heavy (non-hydrogen) atoms. The maximum absolute atomic E-state index is 3.24. The lowest BCUT2D eigenvalue weighted by atomic mass is 9.62. The van der Waals surface area contributed by atoms with Crippen molar-refractivity contribution in [2.24, 2.45) is 0 Å². The SMILES string of the molecule is C/C=C\C=C=C(C)CBC(C)C. The van der Waals surface area contributed by atoms with Crippen molar-refractivity contribution in [2.75, 3.05) is 0 Å². The summed E-state index contributed by atoms with van der Waals surface area (Å²) in [6.07, 6.45) is 7.18. The summed E-state index contributed by atoms with van der Waals surface area (Å²) < 4.78 is 0. The summed E-state index contributed by atoms with van der Waals surface area (Å²) >= 11 is 0. The summed E-state index contributed by atoms with van der Waals surface area (Å²) in [5.41, 5.74) is 4.59. The summed E-state index contributed by atoms with van der Waals surface area (Å²) in [5.74, 6) is 0.795. The van der Waals surface area contributed by atoms with Gasteiger partial charge in [0.2, 0.25) is 0 Å². The van der Waals surface area contributed by atoms with Gasteiger partial charge in [0.1, 0.15) is 7.28 Å². The Morgan fingerprint density at radius 3 is 2.67 bits per heavy atom. The third-order valence-electron chi connectivity index (χ3n) is 1.72. The summed E-state index contributed by atoms with van der Waals surface area (Å²) in [6.45, 7) is 8.66. The zero-order chi connectivity index (χ0) is 9.40. The van der Waals surface area contributed by atoms with Gasteiger partial charge in [0, 0.05) is 0 Å². The van der Waals surface area contributed by atoms with Crippen LogP contribution in [0, 0.1) is 0 Å². The van der Waals surface area contributed by atoms with Gasteiger partial charge in [0.25, 0.3) is 0 Å². The van der Waals surface area contributed by atoms with Crippen LogP contribution in [0.1, 0.15) is 27.7 Å². The molecule has 0 aliphatic heterocycles. The molecule has 0 unspecified atom stereocenters. The Morgan fingerprint density at radius 1 is 1.50 bits per heavy atom. The van der Waals surface area contributed by atoms with Crippen molar-refractivity contribution >= 4 is 7.28 Å². The Kier molecular flexibility index (Phi) is 6.61. The van der Waals surface area contributed by atoms with E-state index in [4.69, 9.17) is 0 Å². The minimum absolute atomic E-state index is 0.795. The van der Waals surface area contributed by atoms with Crippen LogP contribution in [0.3, 0.4) is 0 Å². The smallest absolute Gasteiger partial charge is 0.123 e. The Hall–Kier alpha value is -0.675. The molecule has 0 aromatic heterocycles. The molecular weight excluding hydrogens is 143 g/mol. The van der Waals surface area contributed by atoms with E-state index in [1.165, 1.54) is 19.2 Å². The largest absolute Gasteiger partial charge is 0.128 e. The Bertz CT molecular complexity index is 193. The van der Waals surface area contributed by atoms with Crippen LogP contribution in [0.2, 0.25) is 12.1 Å². The van der Waals surface area contributed by atoms with Gasteiger partial charge in [0.15, 0.2) is 0 Å². The molecular formula is C11H19B. The average molecular weight is 162 g/mol. The van der Waals surface area contributed by atoms with E-state index in [0.29, 0.717) is 0 Å². The first-order chi connectivity index (χ1) is 5.66. The predicted octanol–water partition coefficient (Wildman–Crippen LogP) is 3.35. The quantitative estimate of drug-likeness (QED) is 0.338. The van der Waals surface area contributed by atoms with Gasteiger partial charge in [-0.05, 0) is 31.8 Å². The molecule has 0 saturated carbocycles. The minimum atomic E-state index is 0.795. The van der Waals surface area contributed by atoms with Crippen molar-refractivity contribution in [3.63, 3.8) is 0 Å². The molecule has 0 aliphatic carbocycles. The van der Waals surface area contributed by atoms with Crippen molar-refractivity contribution in [3.05, 3.63) is 29.5 Å². The van der Waals surface area contributed by atoms with Crippen LogP contribution in [0.5, 0.6) is 0 Å². The maximum Gasteiger partial charge on any atom is 0.128 e. The van der Waals surface area contributed by atoms with Gasteiger partial charge >= 0.3 is 0 Å². The van der Waals surface area contributed by atoms with Crippen LogP contribution in [0.25, 0.3) is 0 Å². The molecule has 1 heteroatoms. The summed E-state index contributed by atoms with van der Waals surface area (Å²) in [5, 5.41) is 0. The monoisotopic (exact) mass is 162 g/mol. The molecule has 0 rings (SSSR count). The lowest BCUT2D eigenvalue weighted by molar-refractivity contribution is 1.05. The second-order valence-electron chi connectivity index (χ2n) is 3.55. The Morgan fingerprint density at radius 2 is 2.17 bits per heavy atom. The molecule has 0 aromatic rings. The van der Waals surface area contributed by atoms with Gasteiger partial charge < -0.3 is 0 Å². The zero-order valence-electron chi connectivity index (χ0n) is 8.72. The number of hydrogen-bond acceptors (Lipinski definition) is 0. The first-order valence-electron chi connectivity index (χ1n) is 4.70. The standard InChI is InChI=1S/C11H19B/c1-5-6-7-8-11(4)9-12-10(2)3/h5-7,10,12H,9H2,1-4H3/b6-5-. The van der Waals surface area contributed by atoms with Gasteiger partial charge in [-0.2, -0.15) is 0 Å². The summed E-state index contributed by atoms with van der Waals surface area (Å²) in [4.78, 5) is 0. The molecule has 66 valence electrons. The molecule has 0 heterocycles. The Labute approximate surface area is 77.3 Å². The lowest BCUT2D eigenvalue weighted by Crippen LogP contribution is -1.94. The first-order valence-corrected chi connectivity index (χ1v) is 4.70. The van der Waals surface area contributed by atoms with Crippen molar-refractivity contribution in [3.8, 4) is 0 Å². The van der Waals surface area contributed by atoms with E-state index in [9.17, 15) is 0 Å². The fraction of sp³-hybridized carbons (Fsp3) is 0.545. The van der Waals surface area contributed by atoms with Gasteiger partial charge in [-0.25, -0.2) is 0 Å². The van der Waals surface area contributed by atoms with E-state index in [0.717, 1.165) is 5.82 Å². The fourth-order valence-corrected chi connectivity index (χ4v) is 0.864. The molecule has 0 saturated heterocycles. The third-order valence-corrected chi connectivity index (χ3v) is 1.72. The van der Waals surface area contributed by atoms with E-state index in [1.54, 1.807) is 0 Å². The van der Waals surface area contributed by atoms with Gasteiger partial charge in [-0.1, -0.05) is 31.8 Å². The van der Waals surface area contributed by atoms with Crippen LogP contribution < -0.4 is 0 Å². The Balaban J connectivity index is 3.85. The van der Waals surface area contributed by atoms with Crippen molar-refractivity contribution in [1.82, 2.24) is 0 Å². The molecule has 0 spiro atoms. The molecule has 0 fully saturated rings. The molecule has 0 nitrogen and oxygen atoms in total. The minimum Gasteiger partial charge on any atom is -0.123 e. The summed E-state index contributed by atoms with van der Waals surface area (Å²) in [7, 11) is 1.27. The van der Waals surface area contributed by atoms with Crippen LogP contribution in [0.4, 0.5) is 0 Å². The topological polar surface area (TPSA) is 0 Å². The predicted molar refractivity (Wildman–Crippen MR) is 59.1 cm³/mol. The van der Waals surface area contributed by atoms with Crippen molar-refractivity contribution < 1.29 is 0 Å². The van der Waals surface area contributed by atoms with Crippen LogP contribution >= 0.6 is 0 Å². The van der Waals surface area contributed by atoms with Crippen LogP contribution in [-0.2, 0) is 0 Å². The van der Waals surface area contributed by atoms with Gasteiger partial charge in [0.05, 0.1) is 0 Å². The second-order valence-corrected chi connectivity index (χ2v) is 3.55. The average Bonchev–Trinajstić information content (AvgIpc) is 2.01.